The van der Waals surface area contributed by atoms with Gasteiger partial charge in [0.1, 0.15) is 0 Å². The standard InChI is InChI=1S/C22H16Br2/c23-21-13-7-17(8-14-21)5-11-19-3-1-2-4-20(19)12-6-18-9-15-22(24)16-10-18/h1-16H/b11-5+,12-6+. The maximum atomic E-state index is 3.46. The third kappa shape index (κ3) is 4.80. The van der Waals surface area contributed by atoms with Gasteiger partial charge in [-0.05, 0) is 46.5 Å². The highest BCUT2D eigenvalue weighted by Crippen LogP contribution is 2.18. The van der Waals surface area contributed by atoms with Crippen LogP contribution >= 0.6 is 31.9 Å². The van der Waals surface area contributed by atoms with E-state index in [9.17, 15) is 0 Å². The lowest BCUT2D eigenvalue weighted by molar-refractivity contribution is 1.59. The molecule has 0 fully saturated rings. The van der Waals surface area contributed by atoms with Gasteiger partial charge in [-0.1, -0.05) is 105 Å². The molecule has 0 bridgehead atoms. The molecule has 0 radical (unpaired) electrons. The molecule has 0 saturated heterocycles. The minimum Gasteiger partial charge on any atom is -0.0616 e. The van der Waals surface area contributed by atoms with Gasteiger partial charge in [0.2, 0.25) is 0 Å². The Morgan fingerprint density at radius 3 is 1.21 bits per heavy atom. The lowest BCUT2D eigenvalue weighted by Crippen LogP contribution is -1.80. The minimum atomic E-state index is 1.09. The van der Waals surface area contributed by atoms with Gasteiger partial charge >= 0.3 is 0 Å². The Kier molecular flexibility index (Phi) is 5.84. The van der Waals surface area contributed by atoms with Crippen molar-refractivity contribution in [3.05, 3.63) is 104 Å². The van der Waals surface area contributed by atoms with Crippen molar-refractivity contribution in [3.63, 3.8) is 0 Å². The van der Waals surface area contributed by atoms with Crippen LogP contribution in [0.4, 0.5) is 0 Å². The Bertz CT molecular complexity index is 783. The predicted octanol–water partition coefficient (Wildman–Crippen LogP) is 7.55. The minimum absolute atomic E-state index is 1.09. The summed E-state index contributed by atoms with van der Waals surface area (Å²) in [5, 5.41) is 0. The zero-order chi connectivity index (χ0) is 16.8. The Balaban J connectivity index is 1.82. The molecule has 3 aromatic rings. The third-order valence-corrected chi connectivity index (χ3v) is 4.70. The molecular formula is C22H16Br2. The molecule has 24 heavy (non-hydrogen) atoms. The van der Waals surface area contributed by atoms with E-state index in [1.54, 1.807) is 0 Å². The van der Waals surface area contributed by atoms with Crippen LogP contribution in [-0.4, -0.2) is 0 Å². The van der Waals surface area contributed by atoms with Crippen molar-refractivity contribution in [1.82, 2.24) is 0 Å². The smallest absolute Gasteiger partial charge is 0.0175 e. The molecule has 0 nitrogen and oxygen atoms in total. The maximum Gasteiger partial charge on any atom is 0.0175 e. The fourth-order valence-electron chi connectivity index (χ4n) is 2.33. The topological polar surface area (TPSA) is 0 Å². The van der Waals surface area contributed by atoms with Crippen LogP contribution < -0.4 is 0 Å². The van der Waals surface area contributed by atoms with E-state index in [1.807, 2.05) is 0 Å². The van der Waals surface area contributed by atoms with Crippen molar-refractivity contribution in [2.45, 2.75) is 0 Å². The predicted molar refractivity (Wildman–Crippen MR) is 113 cm³/mol. The van der Waals surface area contributed by atoms with Crippen molar-refractivity contribution in [2.24, 2.45) is 0 Å². The fraction of sp³-hybridized carbons (Fsp3) is 0. The molecule has 0 atom stereocenters. The molecule has 0 aliphatic carbocycles. The van der Waals surface area contributed by atoms with Crippen LogP contribution in [0, 0.1) is 0 Å². The lowest BCUT2D eigenvalue weighted by Gasteiger charge is -2.01. The first-order valence-electron chi connectivity index (χ1n) is 7.67. The molecule has 118 valence electrons. The molecular weight excluding hydrogens is 424 g/mol. The molecule has 3 aromatic carbocycles. The Hall–Kier alpha value is -1.90. The highest BCUT2D eigenvalue weighted by molar-refractivity contribution is 9.10. The summed E-state index contributed by atoms with van der Waals surface area (Å²) in [6.45, 7) is 0. The van der Waals surface area contributed by atoms with E-state index in [2.05, 4.69) is 129 Å². The van der Waals surface area contributed by atoms with E-state index in [0.29, 0.717) is 0 Å². The zero-order valence-corrected chi connectivity index (χ0v) is 16.2. The highest BCUT2D eigenvalue weighted by Gasteiger charge is 1.96. The van der Waals surface area contributed by atoms with Crippen molar-refractivity contribution in [1.29, 1.82) is 0 Å². The third-order valence-electron chi connectivity index (χ3n) is 3.65. The molecule has 0 N–H and O–H groups in total. The second-order valence-corrected chi connectivity index (χ2v) is 7.23. The van der Waals surface area contributed by atoms with Crippen LogP contribution in [0.2, 0.25) is 0 Å². The quantitative estimate of drug-likeness (QED) is 0.368. The van der Waals surface area contributed by atoms with Crippen LogP contribution in [-0.2, 0) is 0 Å². The Morgan fingerprint density at radius 1 is 0.458 bits per heavy atom. The first-order chi connectivity index (χ1) is 11.7. The van der Waals surface area contributed by atoms with E-state index in [-0.39, 0.29) is 0 Å². The zero-order valence-electron chi connectivity index (χ0n) is 13.0. The second-order valence-electron chi connectivity index (χ2n) is 5.40. The van der Waals surface area contributed by atoms with Crippen LogP contribution in [0.3, 0.4) is 0 Å². The number of hydrogen-bond acceptors (Lipinski definition) is 0. The molecule has 0 aliphatic heterocycles. The maximum absolute atomic E-state index is 3.46. The molecule has 2 heteroatoms. The van der Waals surface area contributed by atoms with Gasteiger partial charge in [-0.15, -0.1) is 0 Å². The number of rotatable bonds is 4. The summed E-state index contributed by atoms with van der Waals surface area (Å²) in [4.78, 5) is 0. The van der Waals surface area contributed by atoms with Gasteiger partial charge in [0.25, 0.3) is 0 Å². The summed E-state index contributed by atoms with van der Waals surface area (Å²) in [6.07, 6.45) is 8.59. The lowest BCUT2D eigenvalue weighted by atomic mass is 10.0. The van der Waals surface area contributed by atoms with Crippen molar-refractivity contribution >= 4 is 56.2 Å². The average molecular weight is 440 g/mol. The molecule has 0 unspecified atom stereocenters. The monoisotopic (exact) mass is 438 g/mol. The molecule has 0 spiro atoms. The summed E-state index contributed by atoms with van der Waals surface area (Å²) in [7, 11) is 0. The van der Waals surface area contributed by atoms with Gasteiger partial charge in [0.05, 0.1) is 0 Å². The number of benzene rings is 3. The fourth-order valence-corrected chi connectivity index (χ4v) is 2.86. The van der Waals surface area contributed by atoms with Gasteiger partial charge in [-0.2, -0.15) is 0 Å². The number of hydrogen-bond donors (Lipinski definition) is 0. The van der Waals surface area contributed by atoms with Gasteiger partial charge in [0, 0.05) is 8.95 Å². The SMILES string of the molecule is Brc1ccc(/C=C/c2ccccc2/C=C/c2ccc(Br)cc2)cc1. The summed E-state index contributed by atoms with van der Waals surface area (Å²) in [5.74, 6) is 0. The highest BCUT2D eigenvalue weighted by atomic mass is 79.9. The Labute approximate surface area is 159 Å². The molecule has 0 aromatic heterocycles. The van der Waals surface area contributed by atoms with Gasteiger partial charge < -0.3 is 0 Å². The molecule has 0 amide bonds. The van der Waals surface area contributed by atoms with Crippen LogP contribution in [0.15, 0.2) is 81.7 Å². The van der Waals surface area contributed by atoms with E-state index >= 15 is 0 Å². The Morgan fingerprint density at radius 2 is 0.833 bits per heavy atom. The van der Waals surface area contributed by atoms with Crippen LogP contribution in [0.1, 0.15) is 22.3 Å². The first-order valence-corrected chi connectivity index (χ1v) is 9.26. The molecule has 0 aliphatic rings. The van der Waals surface area contributed by atoms with Crippen LogP contribution in [0.25, 0.3) is 24.3 Å². The second kappa shape index (κ2) is 8.27. The van der Waals surface area contributed by atoms with E-state index in [0.717, 1.165) is 8.95 Å². The van der Waals surface area contributed by atoms with Crippen molar-refractivity contribution in [3.8, 4) is 0 Å². The van der Waals surface area contributed by atoms with Gasteiger partial charge in [-0.25, -0.2) is 0 Å². The largest absolute Gasteiger partial charge is 0.0616 e. The number of halogens is 2. The van der Waals surface area contributed by atoms with Crippen molar-refractivity contribution in [2.75, 3.05) is 0 Å². The summed E-state index contributed by atoms with van der Waals surface area (Å²) >= 11 is 6.93. The van der Waals surface area contributed by atoms with Crippen LogP contribution in [0.5, 0.6) is 0 Å². The van der Waals surface area contributed by atoms with E-state index < -0.39 is 0 Å². The summed E-state index contributed by atoms with van der Waals surface area (Å²) < 4.78 is 2.19. The van der Waals surface area contributed by atoms with Gasteiger partial charge in [0.15, 0.2) is 0 Å². The molecule has 0 saturated carbocycles. The summed E-state index contributed by atoms with van der Waals surface area (Å²) in [5.41, 5.74) is 4.78. The first kappa shape index (κ1) is 16.9. The van der Waals surface area contributed by atoms with Crippen molar-refractivity contribution < 1.29 is 0 Å². The average Bonchev–Trinajstić information content (AvgIpc) is 2.61. The van der Waals surface area contributed by atoms with E-state index in [4.69, 9.17) is 0 Å². The normalized spacial score (nSPS) is 11.4. The summed E-state index contributed by atoms with van der Waals surface area (Å²) in [6, 6.07) is 25.0. The van der Waals surface area contributed by atoms with Gasteiger partial charge in [-0.3, -0.25) is 0 Å². The molecule has 0 heterocycles. The van der Waals surface area contributed by atoms with E-state index in [1.165, 1.54) is 22.3 Å². The molecule has 3 rings (SSSR count).